The van der Waals surface area contributed by atoms with Crippen LogP contribution < -0.4 is 5.32 Å². The molecule has 1 unspecified atom stereocenters. The van der Waals surface area contributed by atoms with Gasteiger partial charge in [0.15, 0.2) is 0 Å². The number of rotatable bonds is 4. The SMILES string of the molecule is COC(=O)C(C)NC(C)(C)CC(C)(C)C. The van der Waals surface area contributed by atoms with E-state index < -0.39 is 0 Å². The number of hydrogen-bond acceptors (Lipinski definition) is 3. The largest absolute Gasteiger partial charge is 0.468 e. The first kappa shape index (κ1) is 14.4. The van der Waals surface area contributed by atoms with Gasteiger partial charge in [-0.15, -0.1) is 0 Å². The number of ether oxygens (including phenoxy) is 1. The van der Waals surface area contributed by atoms with Crippen molar-refractivity contribution in [3.8, 4) is 0 Å². The van der Waals surface area contributed by atoms with E-state index in [9.17, 15) is 4.79 Å². The van der Waals surface area contributed by atoms with Gasteiger partial charge in [0.1, 0.15) is 6.04 Å². The minimum atomic E-state index is -0.257. The Kier molecular flexibility index (Phi) is 4.78. The molecule has 3 heteroatoms. The molecule has 0 spiro atoms. The minimum absolute atomic E-state index is 0.0636. The molecule has 0 amide bonds. The van der Waals surface area contributed by atoms with Gasteiger partial charge in [0.25, 0.3) is 0 Å². The highest BCUT2D eigenvalue weighted by Crippen LogP contribution is 2.27. The van der Waals surface area contributed by atoms with Crippen LogP contribution in [0.25, 0.3) is 0 Å². The Morgan fingerprint density at radius 2 is 1.73 bits per heavy atom. The Morgan fingerprint density at radius 1 is 1.27 bits per heavy atom. The van der Waals surface area contributed by atoms with Crippen LogP contribution in [0.3, 0.4) is 0 Å². The van der Waals surface area contributed by atoms with E-state index in [1.807, 2.05) is 6.92 Å². The fourth-order valence-electron chi connectivity index (χ4n) is 2.20. The molecule has 1 atom stereocenters. The summed E-state index contributed by atoms with van der Waals surface area (Å²) in [6.07, 6.45) is 1.00. The zero-order chi connectivity index (χ0) is 12.3. The highest BCUT2D eigenvalue weighted by atomic mass is 16.5. The Morgan fingerprint density at radius 3 is 2.07 bits per heavy atom. The summed E-state index contributed by atoms with van der Waals surface area (Å²) in [5.41, 5.74) is 0.179. The van der Waals surface area contributed by atoms with Crippen molar-refractivity contribution in [2.24, 2.45) is 5.41 Å². The summed E-state index contributed by atoms with van der Waals surface area (Å²) in [4.78, 5) is 11.3. The molecule has 0 fully saturated rings. The molecule has 0 aliphatic carbocycles. The van der Waals surface area contributed by atoms with Crippen LogP contribution >= 0.6 is 0 Å². The van der Waals surface area contributed by atoms with Gasteiger partial charge in [0.05, 0.1) is 7.11 Å². The first-order valence-electron chi connectivity index (χ1n) is 5.43. The van der Waals surface area contributed by atoms with Crippen LogP contribution in [0.15, 0.2) is 0 Å². The van der Waals surface area contributed by atoms with Crippen molar-refractivity contribution in [1.29, 1.82) is 0 Å². The zero-order valence-corrected chi connectivity index (χ0v) is 11.1. The third-order valence-corrected chi connectivity index (χ3v) is 2.13. The Bertz CT molecular complexity index is 216. The summed E-state index contributed by atoms with van der Waals surface area (Å²) in [5.74, 6) is -0.211. The van der Waals surface area contributed by atoms with Crippen molar-refractivity contribution in [2.45, 2.75) is 59.5 Å². The van der Waals surface area contributed by atoms with E-state index in [1.165, 1.54) is 7.11 Å². The van der Waals surface area contributed by atoms with Crippen LogP contribution in [0, 0.1) is 5.41 Å². The lowest BCUT2D eigenvalue weighted by molar-refractivity contribution is -0.143. The molecule has 0 aliphatic rings. The smallest absolute Gasteiger partial charge is 0.322 e. The minimum Gasteiger partial charge on any atom is -0.468 e. The van der Waals surface area contributed by atoms with Crippen molar-refractivity contribution < 1.29 is 9.53 Å². The highest BCUT2D eigenvalue weighted by molar-refractivity contribution is 5.75. The van der Waals surface area contributed by atoms with Crippen molar-refractivity contribution in [3.63, 3.8) is 0 Å². The molecular weight excluding hydrogens is 190 g/mol. The van der Waals surface area contributed by atoms with Gasteiger partial charge >= 0.3 is 5.97 Å². The van der Waals surface area contributed by atoms with Crippen LogP contribution in [0.1, 0.15) is 48.0 Å². The quantitative estimate of drug-likeness (QED) is 0.732. The summed E-state index contributed by atoms with van der Waals surface area (Å²) in [5, 5.41) is 3.29. The molecule has 15 heavy (non-hydrogen) atoms. The number of methoxy groups -OCH3 is 1. The molecule has 3 nitrogen and oxygen atoms in total. The second-order valence-electron chi connectivity index (χ2n) is 6.01. The summed E-state index contributed by atoms with van der Waals surface area (Å²) in [6, 6.07) is -0.257. The topological polar surface area (TPSA) is 38.3 Å². The molecule has 0 radical (unpaired) electrons. The molecule has 0 aromatic rings. The van der Waals surface area contributed by atoms with Gasteiger partial charge in [0.2, 0.25) is 0 Å². The zero-order valence-electron chi connectivity index (χ0n) is 11.1. The molecule has 90 valence electrons. The van der Waals surface area contributed by atoms with Crippen molar-refractivity contribution in [2.75, 3.05) is 7.11 Å². The van der Waals surface area contributed by atoms with Crippen LogP contribution in [0.5, 0.6) is 0 Å². The van der Waals surface area contributed by atoms with E-state index >= 15 is 0 Å². The average molecular weight is 215 g/mol. The van der Waals surface area contributed by atoms with Gasteiger partial charge in [-0.3, -0.25) is 10.1 Å². The predicted octanol–water partition coefficient (Wildman–Crippen LogP) is 2.35. The van der Waals surface area contributed by atoms with E-state index in [-0.39, 0.29) is 23.0 Å². The molecule has 0 saturated carbocycles. The van der Waals surface area contributed by atoms with Crippen molar-refractivity contribution in [1.82, 2.24) is 5.32 Å². The molecule has 0 aliphatic heterocycles. The van der Waals surface area contributed by atoms with Gasteiger partial charge in [-0.1, -0.05) is 20.8 Å². The summed E-state index contributed by atoms with van der Waals surface area (Å²) >= 11 is 0. The molecule has 1 N–H and O–H groups in total. The van der Waals surface area contributed by atoms with Crippen LogP contribution in [-0.4, -0.2) is 24.7 Å². The molecule has 0 aromatic heterocycles. The molecule has 0 rings (SSSR count). The van der Waals surface area contributed by atoms with Gasteiger partial charge in [-0.2, -0.15) is 0 Å². The van der Waals surface area contributed by atoms with Crippen LogP contribution in [-0.2, 0) is 9.53 Å². The van der Waals surface area contributed by atoms with Crippen molar-refractivity contribution in [3.05, 3.63) is 0 Å². The second kappa shape index (κ2) is 4.97. The third kappa shape index (κ3) is 6.50. The normalized spacial score (nSPS) is 14.9. The maximum Gasteiger partial charge on any atom is 0.322 e. The summed E-state index contributed by atoms with van der Waals surface area (Å²) in [6.45, 7) is 12.6. The molecule has 0 aromatic carbocycles. The van der Waals surface area contributed by atoms with Gasteiger partial charge in [-0.25, -0.2) is 0 Å². The maximum atomic E-state index is 11.3. The van der Waals surface area contributed by atoms with Crippen LogP contribution in [0.4, 0.5) is 0 Å². The predicted molar refractivity (Wildman–Crippen MR) is 62.8 cm³/mol. The second-order valence-corrected chi connectivity index (χ2v) is 6.01. The van der Waals surface area contributed by atoms with E-state index in [0.29, 0.717) is 0 Å². The molecule has 0 saturated heterocycles. The lowest BCUT2D eigenvalue weighted by atomic mass is 9.81. The standard InChI is InChI=1S/C12H25NO2/c1-9(10(14)15-7)13-12(5,6)8-11(2,3)4/h9,13H,8H2,1-7H3. The van der Waals surface area contributed by atoms with Gasteiger partial charge < -0.3 is 4.74 Å². The van der Waals surface area contributed by atoms with E-state index in [0.717, 1.165) is 6.42 Å². The summed E-state index contributed by atoms with van der Waals surface area (Å²) in [7, 11) is 1.41. The first-order chi connectivity index (χ1) is 6.57. The van der Waals surface area contributed by atoms with Gasteiger partial charge in [-0.05, 0) is 32.6 Å². The fraction of sp³-hybridized carbons (Fsp3) is 0.917. The summed E-state index contributed by atoms with van der Waals surface area (Å²) < 4.78 is 4.69. The Hall–Kier alpha value is -0.570. The van der Waals surface area contributed by atoms with E-state index in [2.05, 4.69) is 44.7 Å². The van der Waals surface area contributed by atoms with E-state index in [4.69, 9.17) is 0 Å². The lowest BCUT2D eigenvalue weighted by Gasteiger charge is -2.35. The number of hydrogen-bond donors (Lipinski definition) is 1. The van der Waals surface area contributed by atoms with Crippen LogP contribution in [0.2, 0.25) is 0 Å². The number of nitrogens with one attached hydrogen (secondary N) is 1. The Labute approximate surface area is 93.6 Å². The Balaban J connectivity index is 4.31. The number of carbonyl (C=O) groups is 1. The molecular formula is C12H25NO2. The average Bonchev–Trinajstić information content (AvgIpc) is 1.96. The molecule has 0 bridgehead atoms. The lowest BCUT2D eigenvalue weighted by Crippen LogP contribution is -2.50. The number of carbonyl (C=O) groups excluding carboxylic acids is 1. The maximum absolute atomic E-state index is 11.3. The number of esters is 1. The first-order valence-corrected chi connectivity index (χ1v) is 5.43. The highest BCUT2D eigenvalue weighted by Gasteiger charge is 2.28. The molecule has 0 heterocycles. The monoisotopic (exact) mass is 215 g/mol. The van der Waals surface area contributed by atoms with Gasteiger partial charge in [0, 0.05) is 5.54 Å². The van der Waals surface area contributed by atoms with E-state index in [1.54, 1.807) is 0 Å². The van der Waals surface area contributed by atoms with Crippen molar-refractivity contribution >= 4 is 5.97 Å². The third-order valence-electron chi connectivity index (χ3n) is 2.13. The fourth-order valence-corrected chi connectivity index (χ4v) is 2.20.